The van der Waals surface area contributed by atoms with E-state index in [0.717, 1.165) is 25.7 Å². The van der Waals surface area contributed by atoms with Crippen LogP contribution < -0.4 is 4.73 Å². The average Bonchev–Trinajstić information content (AvgIpc) is 2.92. The second kappa shape index (κ2) is 6.63. The Morgan fingerprint density at radius 1 is 1.17 bits per heavy atom. The third kappa shape index (κ3) is 2.88. The largest absolute Gasteiger partial charge is 0.619 e. The van der Waals surface area contributed by atoms with E-state index in [9.17, 15) is 10.0 Å². The second-order valence-electron chi connectivity index (χ2n) is 9.13. The van der Waals surface area contributed by atoms with Gasteiger partial charge in [-0.05, 0) is 38.0 Å². The number of hydrogen-bond acceptors (Lipinski definition) is 7. The Labute approximate surface area is 169 Å². The molecular weight excluding hydrogens is 378 g/mol. The summed E-state index contributed by atoms with van der Waals surface area (Å²) in [6.07, 6.45) is 4.80. The molecule has 8 atom stereocenters. The van der Waals surface area contributed by atoms with Gasteiger partial charge in [0.25, 0.3) is 0 Å². The van der Waals surface area contributed by atoms with E-state index in [1.165, 1.54) is 24.5 Å². The number of carbonyl (C=O) groups excluding carboxylic acids is 1. The summed E-state index contributed by atoms with van der Waals surface area (Å²) in [7, 11) is 0. The van der Waals surface area contributed by atoms with Crippen LogP contribution in [0, 0.1) is 28.9 Å². The molecule has 1 saturated carbocycles. The molecule has 1 aromatic heterocycles. The van der Waals surface area contributed by atoms with Gasteiger partial charge in [0.1, 0.15) is 0 Å². The van der Waals surface area contributed by atoms with Crippen LogP contribution >= 0.6 is 0 Å². The number of rotatable bonds is 2. The van der Waals surface area contributed by atoms with Gasteiger partial charge in [-0.1, -0.05) is 13.8 Å². The van der Waals surface area contributed by atoms with Crippen molar-refractivity contribution < 1.29 is 33.5 Å². The zero-order valence-corrected chi connectivity index (χ0v) is 16.9. The highest BCUT2D eigenvalue weighted by Crippen LogP contribution is 2.60. The molecule has 4 saturated heterocycles. The number of hydrogen-bond donors (Lipinski definition) is 0. The number of carbonyl (C=O) groups is 1. The van der Waals surface area contributed by atoms with Crippen molar-refractivity contribution in [2.45, 2.75) is 70.4 Å². The van der Waals surface area contributed by atoms with Gasteiger partial charge in [0.2, 0.25) is 12.1 Å². The van der Waals surface area contributed by atoms with Crippen molar-refractivity contribution in [1.82, 2.24) is 0 Å². The van der Waals surface area contributed by atoms with Crippen molar-refractivity contribution in [3.8, 4) is 0 Å². The summed E-state index contributed by atoms with van der Waals surface area (Å²) in [6.45, 7) is 6.15. The van der Waals surface area contributed by atoms with Crippen LogP contribution in [-0.2, 0) is 24.0 Å². The quantitative estimate of drug-likeness (QED) is 0.323. The molecule has 1 aliphatic carbocycles. The fourth-order valence-corrected chi connectivity index (χ4v) is 5.73. The van der Waals surface area contributed by atoms with E-state index in [-0.39, 0.29) is 17.8 Å². The first kappa shape index (κ1) is 19.2. The van der Waals surface area contributed by atoms with Crippen molar-refractivity contribution in [3.05, 3.63) is 35.3 Å². The third-order valence-electron chi connectivity index (χ3n) is 7.36. The van der Waals surface area contributed by atoms with E-state index in [4.69, 9.17) is 24.0 Å². The van der Waals surface area contributed by atoms with Crippen LogP contribution in [0.15, 0.2) is 24.5 Å². The number of pyridine rings is 1. The van der Waals surface area contributed by atoms with E-state index in [1.54, 1.807) is 0 Å². The fourth-order valence-electron chi connectivity index (χ4n) is 5.73. The van der Waals surface area contributed by atoms with Crippen molar-refractivity contribution in [1.29, 1.82) is 0 Å². The zero-order valence-electron chi connectivity index (χ0n) is 16.9. The Bertz CT molecular complexity index is 801. The Kier molecular flexibility index (Phi) is 4.40. The van der Waals surface area contributed by atoms with Gasteiger partial charge in [-0.15, -0.1) is 0 Å². The Balaban J connectivity index is 1.44. The molecule has 29 heavy (non-hydrogen) atoms. The highest BCUT2D eigenvalue weighted by atomic mass is 17.3. The van der Waals surface area contributed by atoms with Crippen LogP contribution in [0.1, 0.15) is 56.8 Å². The van der Waals surface area contributed by atoms with Gasteiger partial charge >= 0.3 is 5.97 Å². The van der Waals surface area contributed by atoms with E-state index in [2.05, 4.69) is 6.92 Å². The molecule has 1 aromatic rings. The SMILES string of the molecule is C[C@@H]1CCC2[C@@H](C)[C@H](OC(=O)c3cc[n+]([O-])cc3)O[C@@H]3O[C@]4(C)CCC1[C@@]23OO4. The minimum atomic E-state index is -0.867. The van der Waals surface area contributed by atoms with Crippen LogP contribution in [0.25, 0.3) is 0 Å². The molecule has 158 valence electrons. The third-order valence-corrected chi connectivity index (χ3v) is 7.36. The van der Waals surface area contributed by atoms with Crippen LogP contribution in [0.4, 0.5) is 0 Å². The predicted molar refractivity (Wildman–Crippen MR) is 97.6 cm³/mol. The van der Waals surface area contributed by atoms with Crippen molar-refractivity contribution in [2.75, 3.05) is 0 Å². The monoisotopic (exact) mass is 405 g/mol. The van der Waals surface area contributed by atoms with Gasteiger partial charge in [0.05, 0.1) is 5.56 Å². The van der Waals surface area contributed by atoms with Gasteiger partial charge in [-0.25, -0.2) is 14.6 Å². The number of fused-ring (bicyclic) bond motifs is 2. The van der Waals surface area contributed by atoms with Crippen molar-refractivity contribution >= 4 is 5.97 Å². The number of ether oxygens (including phenoxy) is 3. The van der Waals surface area contributed by atoms with Crippen molar-refractivity contribution in [2.24, 2.45) is 23.7 Å². The summed E-state index contributed by atoms with van der Waals surface area (Å²) in [5.74, 6) is -0.666. The molecule has 2 unspecified atom stereocenters. The Morgan fingerprint density at radius 2 is 1.93 bits per heavy atom. The van der Waals surface area contributed by atoms with Gasteiger partial charge in [0.15, 0.2) is 24.3 Å². The lowest BCUT2D eigenvalue weighted by atomic mass is 9.58. The average molecular weight is 405 g/mol. The summed E-state index contributed by atoms with van der Waals surface area (Å²) in [4.78, 5) is 24.5. The highest BCUT2D eigenvalue weighted by Gasteiger charge is 2.69. The lowest BCUT2D eigenvalue weighted by Crippen LogP contribution is -2.70. The number of aromatic nitrogens is 1. The zero-order chi connectivity index (χ0) is 20.4. The maximum atomic E-state index is 12.6. The smallest absolute Gasteiger partial charge is 0.340 e. The first-order valence-corrected chi connectivity index (χ1v) is 10.4. The summed E-state index contributed by atoms with van der Waals surface area (Å²) < 4.78 is 18.8. The Morgan fingerprint density at radius 3 is 2.69 bits per heavy atom. The van der Waals surface area contributed by atoms with Crippen LogP contribution in [-0.4, -0.2) is 29.9 Å². The van der Waals surface area contributed by atoms with Gasteiger partial charge in [-0.3, -0.25) is 0 Å². The van der Waals surface area contributed by atoms with Crippen LogP contribution in [0.2, 0.25) is 0 Å². The molecular formula is C21H27NO7. The molecule has 0 radical (unpaired) electrons. The first-order chi connectivity index (χ1) is 13.8. The highest BCUT2D eigenvalue weighted by molar-refractivity contribution is 5.89. The Hall–Kier alpha value is -1.74. The van der Waals surface area contributed by atoms with Gasteiger partial charge in [-0.2, -0.15) is 4.73 Å². The molecule has 8 heteroatoms. The summed E-state index contributed by atoms with van der Waals surface area (Å²) in [5, 5.41) is 11.2. The molecule has 5 heterocycles. The van der Waals surface area contributed by atoms with Crippen molar-refractivity contribution in [3.63, 3.8) is 0 Å². The molecule has 4 aliphatic heterocycles. The number of esters is 1. The molecule has 6 rings (SSSR count). The standard InChI is InChI=1S/C21H27NO7/c1-12-4-5-16-13(2)18(25-17(23)14-7-10-22(24)11-8-14)26-19-21(16)15(12)6-9-20(3,27-19)28-29-21/h7-8,10-13,15-16,18-19H,4-6,9H2,1-3H3/t12-,13-,15?,16?,18-,19-,20+,21-/m1/s1. The minimum Gasteiger partial charge on any atom is -0.619 e. The molecule has 5 aliphatic rings. The maximum Gasteiger partial charge on any atom is 0.340 e. The van der Waals surface area contributed by atoms with Crippen LogP contribution in [0.5, 0.6) is 0 Å². The fraction of sp³-hybridized carbons (Fsp3) is 0.714. The normalized spacial score (nSPS) is 45.9. The van der Waals surface area contributed by atoms with E-state index in [1.807, 2.05) is 13.8 Å². The number of nitrogens with zero attached hydrogens (tertiary/aromatic N) is 1. The van der Waals surface area contributed by atoms with Gasteiger partial charge in [0, 0.05) is 30.4 Å². The van der Waals surface area contributed by atoms with Gasteiger partial charge < -0.3 is 19.4 Å². The minimum absolute atomic E-state index is 0.0856. The second-order valence-corrected chi connectivity index (χ2v) is 9.13. The molecule has 0 N–H and O–H groups in total. The summed E-state index contributed by atoms with van der Waals surface area (Å²) in [5.41, 5.74) is -0.380. The van der Waals surface area contributed by atoms with E-state index in [0.29, 0.717) is 16.2 Å². The van der Waals surface area contributed by atoms with E-state index >= 15 is 0 Å². The van der Waals surface area contributed by atoms with Crippen LogP contribution in [0.3, 0.4) is 0 Å². The lowest BCUT2D eigenvalue weighted by molar-refractivity contribution is -0.605. The molecule has 5 fully saturated rings. The topological polar surface area (TPSA) is 90.2 Å². The lowest BCUT2D eigenvalue weighted by Gasteiger charge is -2.59. The summed E-state index contributed by atoms with van der Waals surface area (Å²) >= 11 is 0. The summed E-state index contributed by atoms with van der Waals surface area (Å²) in [6, 6.07) is 2.87. The molecule has 8 nitrogen and oxygen atoms in total. The molecule has 0 amide bonds. The molecule has 2 bridgehead atoms. The molecule has 0 aromatic carbocycles. The predicted octanol–water partition coefficient (Wildman–Crippen LogP) is 2.68. The van der Waals surface area contributed by atoms with E-state index < -0.39 is 29.9 Å². The maximum absolute atomic E-state index is 12.6. The molecule has 1 spiro atoms. The first-order valence-electron chi connectivity index (χ1n) is 10.4.